The van der Waals surface area contributed by atoms with Crippen LogP contribution in [0.2, 0.25) is 0 Å². The van der Waals surface area contributed by atoms with Crippen LogP contribution < -0.4 is 5.32 Å². The van der Waals surface area contributed by atoms with Gasteiger partial charge in [-0.25, -0.2) is 0 Å². The van der Waals surface area contributed by atoms with Gasteiger partial charge in [0.15, 0.2) is 0 Å². The van der Waals surface area contributed by atoms with Crippen molar-refractivity contribution in [3.63, 3.8) is 0 Å². The second-order valence-electron chi connectivity index (χ2n) is 6.19. The third-order valence-electron chi connectivity index (χ3n) is 3.86. The summed E-state index contributed by atoms with van der Waals surface area (Å²) in [4.78, 5) is 2.24. The van der Waals surface area contributed by atoms with Crippen LogP contribution in [-0.2, 0) is 12.8 Å². The van der Waals surface area contributed by atoms with Gasteiger partial charge in [-0.2, -0.15) is 0 Å². The molecule has 0 aliphatic heterocycles. The summed E-state index contributed by atoms with van der Waals surface area (Å²) in [7, 11) is 4.26. The third kappa shape index (κ3) is 6.42. The molecule has 0 unspecified atom stereocenters. The largest absolute Gasteiger partial charge is 0.313 e. The zero-order chi connectivity index (χ0) is 15.6. The smallest absolute Gasteiger partial charge is 0.0148 e. The molecule has 2 nitrogen and oxygen atoms in total. The molecule has 0 bridgehead atoms. The van der Waals surface area contributed by atoms with E-state index in [4.69, 9.17) is 0 Å². The van der Waals surface area contributed by atoms with Gasteiger partial charge < -0.3 is 10.2 Å². The second kappa shape index (κ2) is 9.39. The lowest BCUT2D eigenvalue weighted by atomic mass is 9.99. The van der Waals surface area contributed by atoms with Gasteiger partial charge in [0, 0.05) is 6.04 Å². The fraction of sp³-hybridized carbons (Fsp3) is 0.400. The van der Waals surface area contributed by atoms with Gasteiger partial charge in [0.25, 0.3) is 0 Å². The summed E-state index contributed by atoms with van der Waals surface area (Å²) >= 11 is 0. The van der Waals surface area contributed by atoms with Gasteiger partial charge in [0.1, 0.15) is 0 Å². The Morgan fingerprint density at radius 3 is 1.77 bits per heavy atom. The van der Waals surface area contributed by atoms with E-state index in [2.05, 4.69) is 85.0 Å². The third-order valence-corrected chi connectivity index (χ3v) is 3.86. The van der Waals surface area contributed by atoms with E-state index in [-0.39, 0.29) is 0 Å². The predicted octanol–water partition coefficient (Wildman–Crippen LogP) is 3.38. The fourth-order valence-electron chi connectivity index (χ4n) is 2.72. The van der Waals surface area contributed by atoms with Crippen molar-refractivity contribution in [2.24, 2.45) is 0 Å². The molecule has 0 amide bonds. The quantitative estimate of drug-likeness (QED) is 0.714. The van der Waals surface area contributed by atoms with Crippen molar-refractivity contribution < 1.29 is 0 Å². The zero-order valence-corrected chi connectivity index (χ0v) is 13.8. The van der Waals surface area contributed by atoms with Crippen LogP contribution in [0.1, 0.15) is 17.5 Å². The Balaban J connectivity index is 1.91. The monoisotopic (exact) mass is 296 g/mol. The van der Waals surface area contributed by atoms with Crippen molar-refractivity contribution in [3.05, 3.63) is 71.8 Å². The summed E-state index contributed by atoms with van der Waals surface area (Å²) in [5.41, 5.74) is 2.81. The van der Waals surface area contributed by atoms with Gasteiger partial charge >= 0.3 is 0 Å². The summed E-state index contributed by atoms with van der Waals surface area (Å²) in [6, 6.07) is 22.1. The van der Waals surface area contributed by atoms with Gasteiger partial charge in [-0.05, 0) is 57.6 Å². The molecule has 0 saturated carbocycles. The maximum Gasteiger partial charge on any atom is 0.0148 e. The van der Waals surface area contributed by atoms with E-state index in [9.17, 15) is 0 Å². The highest BCUT2D eigenvalue weighted by molar-refractivity contribution is 5.19. The summed E-state index contributed by atoms with van der Waals surface area (Å²) in [5, 5.41) is 3.75. The van der Waals surface area contributed by atoms with Crippen LogP contribution in [0.4, 0.5) is 0 Å². The summed E-state index contributed by atoms with van der Waals surface area (Å²) in [5.74, 6) is 0. The van der Waals surface area contributed by atoms with Crippen molar-refractivity contribution in [1.29, 1.82) is 0 Å². The number of nitrogens with zero attached hydrogens (tertiary/aromatic N) is 1. The van der Waals surface area contributed by atoms with Crippen LogP contribution in [0.25, 0.3) is 0 Å². The lowest BCUT2D eigenvalue weighted by Crippen LogP contribution is -2.35. The van der Waals surface area contributed by atoms with Gasteiger partial charge in [0.2, 0.25) is 0 Å². The normalized spacial score (nSPS) is 11.3. The molecule has 0 aliphatic carbocycles. The Bertz CT molecular complexity index is 466. The number of nitrogens with one attached hydrogen (secondary N) is 1. The minimum atomic E-state index is 0.493. The van der Waals surface area contributed by atoms with Gasteiger partial charge in [0.05, 0.1) is 0 Å². The molecule has 118 valence electrons. The highest BCUT2D eigenvalue weighted by Crippen LogP contribution is 2.09. The predicted molar refractivity (Wildman–Crippen MR) is 95.3 cm³/mol. The Labute approximate surface area is 135 Å². The molecule has 2 aromatic rings. The van der Waals surface area contributed by atoms with Crippen molar-refractivity contribution in [2.75, 3.05) is 27.2 Å². The van der Waals surface area contributed by atoms with Crippen LogP contribution in [0, 0.1) is 0 Å². The molecule has 0 aliphatic rings. The Morgan fingerprint density at radius 2 is 1.32 bits per heavy atom. The zero-order valence-electron chi connectivity index (χ0n) is 13.8. The molecule has 22 heavy (non-hydrogen) atoms. The minimum Gasteiger partial charge on any atom is -0.313 e. The van der Waals surface area contributed by atoms with Gasteiger partial charge in [-0.1, -0.05) is 60.7 Å². The first kappa shape index (κ1) is 16.7. The summed E-state index contributed by atoms with van der Waals surface area (Å²) in [6.07, 6.45) is 3.35. The first-order chi connectivity index (χ1) is 10.7. The van der Waals surface area contributed by atoms with E-state index in [0.717, 1.165) is 25.9 Å². The maximum atomic E-state index is 3.75. The van der Waals surface area contributed by atoms with E-state index in [1.807, 2.05) is 0 Å². The first-order valence-corrected chi connectivity index (χ1v) is 8.20. The average molecular weight is 296 g/mol. The minimum absolute atomic E-state index is 0.493. The molecule has 2 aromatic carbocycles. The molecule has 0 atom stereocenters. The van der Waals surface area contributed by atoms with Crippen LogP contribution in [-0.4, -0.2) is 38.1 Å². The molecule has 0 heterocycles. The van der Waals surface area contributed by atoms with E-state index in [1.165, 1.54) is 17.5 Å². The van der Waals surface area contributed by atoms with Crippen LogP contribution >= 0.6 is 0 Å². The van der Waals surface area contributed by atoms with Gasteiger partial charge in [-0.3, -0.25) is 0 Å². The Kier molecular flexibility index (Phi) is 7.14. The van der Waals surface area contributed by atoms with Crippen molar-refractivity contribution in [3.8, 4) is 0 Å². The maximum absolute atomic E-state index is 3.75. The fourth-order valence-corrected chi connectivity index (χ4v) is 2.72. The number of rotatable bonds is 9. The summed E-state index contributed by atoms with van der Waals surface area (Å²) in [6.45, 7) is 2.21. The standard InChI is InChI=1S/C20H28N2/c1-22(2)15-9-14-21-20(16-18-10-5-3-6-11-18)17-19-12-7-4-8-13-19/h3-8,10-13,20-21H,9,14-17H2,1-2H3. The number of benzene rings is 2. The van der Waals surface area contributed by atoms with Crippen molar-refractivity contribution >= 4 is 0 Å². The summed E-state index contributed by atoms with van der Waals surface area (Å²) < 4.78 is 0. The molecule has 0 spiro atoms. The molecule has 0 fully saturated rings. The van der Waals surface area contributed by atoms with Crippen LogP contribution in [0.3, 0.4) is 0 Å². The molecule has 0 radical (unpaired) electrons. The molecule has 0 aromatic heterocycles. The Hall–Kier alpha value is -1.64. The van der Waals surface area contributed by atoms with E-state index >= 15 is 0 Å². The average Bonchev–Trinajstić information content (AvgIpc) is 2.53. The topological polar surface area (TPSA) is 15.3 Å². The molecule has 2 heteroatoms. The van der Waals surface area contributed by atoms with Crippen LogP contribution in [0.5, 0.6) is 0 Å². The highest BCUT2D eigenvalue weighted by atomic mass is 15.1. The van der Waals surface area contributed by atoms with Crippen molar-refractivity contribution in [1.82, 2.24) is 10.2 Å². The van der Waals surface area contributed by atoms with E-state index in [0.29, 0.717) is 6.04 Å². The van der Waals surface area contributed by atoms with E-state index in [1.54, 1.807) is 0 Å². The number of hydrogen-bond acceptors (Lipinski definition) is 2. The second-order valence-corrected chi connectivity index (χ2v) is 6.19. The molecule has 1 N–H and O–H groups in total. The lowest BCUT2D eigenvalue weighted by Gasteiger charge is -2.20. The molecular weight excluding hydrogens is 268 g/mol. The van der Waals surface area contributed by atoms with Crippen LogP contribution in [0.15, 0.2) is 60.7 Å². The lowest BCUT2D eigenvalue weighted by molar-refractivity contribution is 0.384. The first-order valence-electron chi connectivity index (χ1n) is 8.20. The molecule has 0 saturated heterocycles. The number of hydrogen-bond donors (Lipinski definition) is 1. The van der Waals surface area contributed by atoms with Gasteiger partial charge in [-0.15, -0.1) is 0 Å². The SMILES string of the molecule is CN(C)CCCNC(Cc1ccccc1)Cc1ccccc1. The Morgan fingerprint density at radius 1 is 0.818 bits per heavy atom. The highest BCUT2D eigenvalue weighted by Gasteiger charge is 2.10. The van der Waals surface area contributed by atoms with Crippen molar-refractivity contribution in [2.45, 2.75) is 25.3 Å². The molecule has 2 rings (SSSR count). The molecular formula is C20H28N2. The van der Waals surface area contributed by atoms with E-state index < -0.39 is 0 Å².